The van der Waals surface area contributed by atoms with E-state index in [0.717, 1.165) is 0 Å². The molecule has 1 amide bonds. The third kappa shape index (κ3) is 1.37. The van der Waals surface area contributed by atoms with Crippen LogP contribution in [0.3, 0.4) is 0 Å². The lowest BCUT2D eigenvalue weighted by Crippen LogP contribution is -2.42. The summed E-state index contributed by atoms with van der Waals surface area (Å²) in [7, 11) is 0. The second-order valence-electron chi connectivity index (χ2n) is 3.01. The summed E-state index contributed by atoms with van der Waals surface area (Å²) in [4.78, 5) is 10.8. The first kappa shape index (κ1) is 8.80. The van der Waals surface area contributed by atoms with Crippen molar-refractivity contribution in [2.24, 2.45) is 5.73 Å². The molecule has 1 aromatic carbocycles. The lowest BCUT2D eigenvalue weighted by Gasteiger charge is -2.25. The maximum Gasteiger partial charge on any atom is 0.260 e. The number of carbonyl (C=O) groups excluding carboxylic acids is 1. The number of ether oxygens (including phenoxy) is 1. The van der Waals surface area contributed by atoms with Gasteiger partial charge < -0.3 is 15.8 Å². The van der Waals surface area contributed by atoms with E-state index in [2.05, 4.69) is 5.32 Å². The number of rotatable bonds is 1. The zero-order chi connectivity index (χ0) is 10.1. The third-order valence-corrected chi connectivity index (χ3v) is 2.02. The van der Waals surface area contributed by atoms with Crippen molar-refractivity contribution in [2.45, 2.75) is 6.10 Å². The number of amides is 1. The molecule has 14 heavy (non-hydrogen) atoms. The van der Waals surface area contributed by atoms with Crippen LogP contribution in [0.25, 0.3) is 0 Å². The van der Waals surface area contributed by atoms with Gasteiger partial charge in [0.15, 0.2) is 17.7 Å². The number of benzene rings is 1. The summed E-state index contributed by atoms with van der Waals surface area (Å²) in [6.07, 6.45) is -0.806. The number of nitrogens with two attached hydrogens (primary N) is 1. The van der Waals surface area contributed by atoms with Crippen molar-refractivity contribution >= 4 is 11.6 Å². The summed E-state index contributed by atoms with van der Waals surface area (Å²) in [5, 5.41) is 2.87. The average molecular weight is 196 g/mol. The normalized spacial score (nSPS) is 19.1. The topological polar surface area (TPSA) is 64.4 Å². The number of hydrogen-bond donors (Lipinski definition) is 2. The van der Waals surface area contributed by atoms with E-state index >= 15 is 0 Å². The molecule has 0 unspecified atom stereocenters. The minimum atomic E-state index is -0.806. The molecule has 1 aliphatic rings. The molecule has 4 nitrogen and oxygen atoms in total. The summed E-state index contributed by atoms with van der Waals surface area (Å²) < 4.78 is 18.3. The van der Waals surface area contributed by atoms with E-state index in [9.17, 15) is 9.18 Å². The molecule has 5 heteroatoms. The van der Waals surface area contributed by atoms with Gasteiger partial charge in [-0.25, -0.2) is 4.39 Å². The van der Waals surface area contributed by atoms with E-state index < -0.39 is 17.8 Å². The first-order valence-corrected chi connectivity index (χ1v) is 4.17. The number of carbonyl (C=O) groups is 1. The summed E-state index contributed by atoms with van der Waals surface area (Å²) >= 11 is 0. The van der Waals surface area contributed by atoms with E-state index in [1.165, 1.54) is 6.07 Å². The summed E-state index contributed by atoms with van der Waals surface area (Å²) in [6, 6.07) is 4.51. The molecule has 0 saturated carbocycles. The van der Waals surface area contributed by atoms with Crippen molar-refractivity contribution in [3.8, 4) is 5.75 Å². The smallest absolute Gasteiger partial charge is 0.260 e. The Morgan fingerprint density at radius 1 is 1.64 bits per heavy atom. The molecule has 0 aliphatic carbocycles. The minimum Gasteiger partial charge on any atom is -0.473 e. The molecule has 0 bridgehead atoms. The van der Waals surface area contributed by atoms with Crippen molar-refractivity contribution in [3.63, 3.8) is 0 Å². The van der Waals surface area contributed by atoms with Crippen molar-refractivity contribution < 1.29 is 13.9 Å². The van der Waals surface area contributed by atoms with Crippen LogP contribution in [0, 0.1) is 5.82 Å². The van der Waals surface area contributed by atoms with Gasteiger partial charge in [0.1, 0.15) is 0 Å². The number of hydrogen-bond acceptors (Lipinski definition) is 3. The van der Waals surface area contributed by atoms with Crippen LogP contribution in [0.2, 0.25) is 0 Å². The Kier molecular flexibility index (Phi) is 1.99. The zero-order valence-electron chi connectivity index (χ0n) is 7.29. The second-order valence-corrected chi connectivity index (χ2v) is 3.01. The molecule has 74 valence electrons. The summed E-state index contributed by atoms with van der Waals surface area (Å²) in [5.41, 5.74) is 5.59. The highest BCUT2D eigenvalue weighted by Gasteiger charge is 2.25. The molecular formula is C9H9FN2O2. The van der Waals surface area contributed by atoms with Gasteiger partial charge in [-0.2, -0.15) is 0 Å². The summed E-state index contributed by atoms with van der Waals surface area (Å²) in [5.74, 6) is -1.05. The minimum absolute atomic E-state index is 0.0579. The largest absolute Gasteiger partial charge is 0.473 e. The lowest BCUT2D eigenvalue weighted by atomic mass is 10.2. The van der Waals surface area contributed by atoms with Gasteiger partial charge in [0, 0.05) is 0 Å². The van der Waals surface area contributed by atoms with Gasteiger partial charge in [0.05, 0.1) is 12.2 Å². The Hall–Kier alpha value is -1.78. The molecule has 1 heterocycles. The quantitative estimate of drug-likeness (QED) is 0.686. The highest BCUT2D eigenvalue weighted by Crippen LogP contribution is 2.31. The predicted octanol–water partition coefficient (Wildman–Crippen LogP) is 0.484. The molecule has 2 rings (SSSR count). The van der Waals surface area contributed by atoms with Crippen molar-refractivity contribution in [2.75, 3.05) is 11.9 Å². The fourth-order valence-electron chi connectivity index (χ4n) is 1.31. The monoisotopic (exact) mass is 196 g/mol. The van der Waals surface area contributed by atoms with Crippen LogP contribution >= 0.6 is 0 Å². The van der Waals surface area contributed by atoms with E-state index in [0.29, 0.717) is 5.69 Å². The highest BCUT2D eigenvalue weighted by molar-refractivity contribution is 5.81. The van der Waals surface area contributed by atoms with Crippen LogP contribution in [0.15, 0.2) is 18.2 Å². The van der Waals surface area contributed by atoms with E-state index in [-0.39, 0.29) is 12.3 Å². The van der Waals surface area contributed by atoms with Crippen molar-refractivity contribution in [1.29, 1.82) is 0 Å². The summed E-state index contributed by atoms with van der Waals surface area (Å²) in [6.45, 7) is 0.270. The Bertz CT molecular complexity index is 381. The zero-order valence-corrected chi connectivity index (χ0v) is 7.29. The number of para-hydroxylation sites is 1. The average Bonchev–Trinajstić information content (AvgIpc) is 2.18. The molecular weight excluding hydrogens is 187 g/mol. The molecule has 0 fully saturated rings. The van der Waals surface area contributed by atoms with Crippen LogP contribution in [-0.4, -0.2) is 18.6 Å². The molecule has 0 saturated heterocycles. The Labute approximate surface area is 79.9 Å². The van der Waals surface area contributed by atoms with Crippen molar-refractivity contribution in [3.05, 3.63) is 24.0 Å². The molecule has 3 N–H and O–H groups in total. The van der Waals surface area contributed by atoms with E-state index in [1.54, 1.807) is 12.1 Å². The van der Waals surface area contributed by atoms with Gasteiger partial charge in [-0.1, -0.05) is 6.07 Å². The van der Waals surface area contributed by atoms with Crippen LogP contribution in [0.1, 0.15) is 0 Å². The van der Waals surface area contributed by atoms with Gasteiger partial charge in [-0.05, 0) is 12.1 Å². The Balaban J connectivity index is 2.33. The third-order valence-electron chi connectivity index (χ3n) is 2.02. The number of primary amides is 1. The number of fused-ring (bicyclic) bond motifs is 1. The van der Waals surface area contributed by atoms with Gasteiger partial charge in [-0.3, -0.25) is 4.79 Å². The maximum absolute atomic E-state index is 13.2. The molecule has 1 aliphatic heterocycles. The molecule has 1 aromatic rings. The molecule has 0 spiro atoms. The predicted molar refractivity (Wildman–Crippen MR) is 48.5 cm³/mol. The highest BCUT2D eigenvalue weighted by atomic mass is 19.1. The number of anilines is 1. The number of halogens is 1. The standard InChI is InChI=1S/C9H9FN2O2/c10-5-2-1-3-6-8(5)14-7(4-12-6)9(11)13/h1-3,7,12H,4H2,(H2,11,13)/t7-/m1/s1. The fourth-order valence-corrected chi connectivity index (χ4v) is 1.31. The first-order valence-electron chi connectivity index (χ1n) is 4.17. The SMILES string of the molecule is NC(=O)[C@H]1CNc2cccc(F)c2O1. The second kappa shape index (κ2) is 3.17. The van der Waals surface area contributed by atoms with Gasteiger partial charge in [-0.15, -0.1) is 0 Å². The van der Waals surface area contributed by atoms with Gasteiger partial charge in [0.2, 0.25) is 0 Å². The van der Waals surface area contributed by atoms with Crippen molar-refractivity contribution in [1.82, 2.24) is 0 Å². The van der Waals surface area contributed by atoms with Gasteiger partial charge in [0.25, 0.3) is 5.91 Å². The molecule has 1 atom stereocenters. The number of nitrogens with one attached hydrogen (secondary N) is 1. The molecule has 0 aromatic heterocycles. The Morgan fingerprint density at radius 2 is 2.43 bits per heavy atom. The van der Waals surface area contributed by atoms with Crippen LogP contribution in [0.4, 0.5) is 10.1 Å². The Morgan fingerprint density at radius 3 is 3.14 bits per heavy atom. The van der Waals surface area contributed by atoms with Crippen LogP contribution in [0.5, 0.6) is 5.75 Å². The van der Waals surface area contributed by atoms with E-state index in [1.807, 2.05) is 0 Å². The van der Waals surface area contributed by atoms with Crippen LogP contribution < -0.4 is 15.8 Å². The first-order chi connectivity index (χ1) is 6.68. The van der Waals surface area contributed by atoms with E-state index in [4.69, 9.17) is 10.5 Å². The lowest BCUT2D eigenvalue weighted by molar-refractivity contribution is -0.124. The fraction of sp³-hybridized carbons (Fsp3) is 0.222. The van der Waals surface area contributed by atoms with Crippen LogP contribution in [-0.2, 0) is 4.79 Å². The maximum atomic E-state index is 13.2. The molecule has 0 radical (unpaired) electrons. The van der Waals surface area contributed by atoms with Gasteiger partial charge >= 0.3 is 0 Å².